The van der Waals surface area contributed by atoms with E-state index in [-0.39, 0.29) is 29.2 Å². The fraction of sp³-hybridized carbons (Fsp3) is 0.167. The second kappa shape index (κ2) is 8.52. The third kappa shape index (κ3) is 4.50. The number of carbonyl (C=O) groups is 3. The van der Waals surface area contributed by atoms with E-state index in [1.165, 1.54) is 38.5 Å². The number of amides is 1. The Kier molecular flexibility index (Phi) is 6.15. The van der Waals surface area contributed by atoms with Gasteiger partial charge in [-0.2, -0.15) is 0 Å². The highest BCUT2D eigenvalue weighted by Crippen LogP contribution is 2.28. The lowest BCUT2D eigenvalue weighted by atomic mass is 10.2. The number of hydrogen-bond acceptors (Lipinski definition) is 6. The van der Waals surface area contributed by atoms with Crippen LogP contribution in [0.2, 0.25) is 0 Å². The van der Waals surface area contributed by atoms with Crippen molar-refractivity contribution >= 4 is 23.5 Å². The van der Waals surface area contributed by atoms with Crippen molar-refractivity contribution in [3.8, 4) is 11.5 Å². The number of anilines is 1. The van der Waals surface area contributed by atoms with Crippen molar-refractivity contribution in [2.24, 2.45) is 0 Å². The largest absolute Gasteiger partial charge is 0.493 e. The van der Waals surface area contributed by atoms with Crippen LogP contribution in [-0.4, -0.2) is 43.8 Å². The smallest absolute Gasteiger partial charge is 0.339 e. The Morgan fingerprint density at radius 3 is 2.42 bits per heavy atom. The molecule has 2 aromatic carbocycles. The SMILES string of the molecule is COC(=O)c1ccccc1NC(=O)COc1ccc(C(=O)O)cc1OC. The van der Waals surface area contributed by atoms with Crippen LogP contribution in [-0.2, 0) is 9.53 Å². The number of methoxy groups -OCH3 is 2. The number of para-hydroxylation sites is 1. The normalized spacial score (nSPS) is 9.92. The summed E-state index contributed by atoms with van der Waals surface area (Å²) >= 11 is 0. The minimum Gasteiger partial charge on any atom is -0.493 e. The van der Waals surface area contributed by atoms with E-state index in [4.69, 9.17) is 14.6 Å². The molecule has 0 atom stereocenters. The second-order valence-corrected chi connectivity index (χ2v) is 5.04. The fourth-order valence-electron chi connectivity index (χ4n) is 2.13. The summed E-state index contributed by atoms with van der Waals surface area (Å²) in [5.41, 5.74) is 0.540. The average molecular weight is 359 g/mol. The molecule has 0 aromatic heterocycles. The summed E-state index contributed by atoms with van der Waals surface area (Å²) < 4.78 is 15.1. The van der Waals surface area contributed by atoms with Crippen LogP contribution in [0.3, 0.4) is 0 Å². The molecule has 26 heavy (non-hydrogen) atoms. The van der Waals surface area contributed by atoms with Crippen LogP contribution in [0.25, 0.3) is 0 Å². The Morgan fingerprint density at radius 2 is 1.77 bits per heavy atom. The quantitative estimate of drug-likeness (QED) is 0.729. The van der Waals surface area contributed by atoms with Gasteiger partial charge in [-0.15, -0.1) is 0 Å². The number of esters is 1. The summed E-state index contributed by atoms with van der Waals surface area (Å²) in [4.78, 5) is 34.8. The molecule has 0 radical (unpaired) electrons. The first-order valence-corrected chi connectivity index (χ1v) is 7.47. The first-order valence-electron chi connectivity index (χ1n) is 7.47. The maximum atomic E-state index is 12.1. The van der Waals surface area contributed by atoms with Crippen molar-refractivity contribution in [2.45, 2.75) is 0 Å². The van der Waals surface area contributed by atoms with Crippen molar-refractivity contribution in [3.63, 3.8) is 0 Å². The van der Waals surface area contributed by atoms with Crippen molar-refractivity contribution < 1.29 is 33.7 Å². The lowest BCUT2D eigenvalue weighted by Gasteiger charge is -2.12. The van der Waals surface area contributed by atoms with Gasteiger partial charge in [-0.05, 0) is 30.3 Å². The Morgan fingerprint density at radius 1 is 1.04 bits per heavy atom. The third-order valence-corrected chi connectivity index (χ3v) is 3.38. The highest BCUT2D eigenvalue weighted by Gasteiger charge is 2.15. The zero-order valence-corrected chi connectivity index (χ0v) is 14.1. The molecule has 136 valence electrons. The molecule has 0 aliphatic carbocycles. The molecule has 0 heterocycles. The zero-order chi connectivity index (χ0) is 19.1. The average Bonchev–Trinajstić information content (AvgIpc) is 2.65. The van der Waals surface area contributed by atoms with E-state index in [1.807, 2.05) is 0 Å². The summed E-state index contributed by atoms with van der Waals surface area (Å²) in [7, 11) is 2.61. The van der Waals surface area contributed by atoms with Crippen molar-refractivity contribution in [1.29, 1.82) is 0 Å². The molecular weight excluding hydrogens is 342 g/mol. The highest BCUT2D eigenvalue weighted by atomic mass is 16.5. The minimum atomic E-state index is -1.10. The Labute approximate surface area is 149 Å². The number of aromatic carboxylic acids is 1. The van der Waals surface area contributed by atoms with Gasteiger partial charge >= 0.3 is 11.9 Å². The van der Waals surface area contributed by atoms with E-state index in [2.05, 4.69) is 10.1 Å². The molecule has 8 heteroatoms. The van der Waals surface area contributed by atoms with E-state index < -0.39 is 17.8 Å². The van der Waals surface area contributed by atoms with Gasteiger partial charge in [-0.3, -0.25) is 4.79 Å². The predicted molar refractivity (Wildman–Crippen MR) is 91.9 cm³/mol. The lowest BCUT2D eigenvalue weighted by molar-refractivity contribution is -0.118. The van der Waals surface area contributed by atoms with Crippen molar-refractivity contribution in [3.05, 3.63) is 53.6 Å². The van der Waals surface area contributed by atoms with Gasteiger partial charge in [0.15, 0.2) is 18.1 Å². The van der Waals surface area contributed by atoms with E-state index in [0.717, 1.165) is 0 Å². The van der Waals surface area contributed by atoms with Gasteiger partial charge in [-0.25, -0.2) is 9.59 Å². The number of rotatable bonds is 7. The number of ether oxygens (including phenoxy) is 3. The number of carbonyl (C=O) groups excluding carboxylic acids is 2. The van der Waals surface area contributed by atoms with Crippen molar-refractivity contribution in [1.82, 2.24) is 0 Å². The van der Waals surface area contributed by atoms with Crippen LogP contribution in [0.1, 0.15) is 20.7 Å². The van der Waals surface area contributed by atoms with Crippen LogP contribution < -0.4 is 14.8 Å². The van der Waals surface area contributed by atoms with Crippen molar-refractivity contribution in [2.75, 3.05) is 26.1 Å². The van der Waals surface area contributed by atoms with Gasteiger partial charge in [-0.1, -0.05) is 12.1 Å². The summed E-state index contributed by atoms with van der Waals surface area (Å²) in [5.74, 6) is -1.79. The fourth-order valence-corrected chi connectivity index (χ4v) is 2.13. The standard InChI is InChI=1S/C18H17NO7/c1-24-15-9-11(17(21)22)7-8-14(15)26-10-16(20)19-13-6-4-3-5-12(13)18(23)25-2/h3-9H,10H2,1-2H3,(H,19,20)(H,21,22). The molecule has 0 spiro atoms. The Balaban J connectivity index is 2.06. The topological polar surface area (TPSA) is 111 Å². The van der Waals surface area contributed by atoms with Crippen LogP contribution in [0.5, 0.6) is 11.5 Å². The molecule has 0 fully saturated rings. The van der Waals surface area contributed by atoms with Gasteiger partial charge in [0.2, 0.25) is 0 Å². The predicted octanol–water partition coefficient (Wildman–Crippen LogP) is 2.20. The van der Waals surface area contributed by atoms with Gasteiger partial charge < -0.3 is 24.6 Å². The lowest BCUT2D eigenvalue weighted by Crippen LogP contribution is -2.22. The molecule has 8 nitrogen and oxygen atoms in total. The van der Waals surface area contributed by atoms with Gasteiger partial charge in [0.05, 0.1) is 31.0 Å². The molecular formula is C18H17NO7. The molecule has 2 aromatic rings. The molecule has 0 aliphatic rings. The maximum Gasteiger partial charge on any atom is 0.339 e. The van der Waals surface area contributed by atoms with Crippen LogP contribution in [0, 0.1) is 0 Å². The number of carboxylic acid groups (broad SMARTS) is 1. The molecule has 2 rings (SSSR count). The molecule has 0 unspecified atom stereocenters. The first-order chi connectivity index (χ1) is 12.5. The second-order valence-electron chi connectivity index (χ2n) is 5.04. The number of carboxylic acids is 1. The molecule has 0 saturated carbocycles. The van der Waals surface area contributed by atoms with E-state index in [0.29, 0.717) is 5.69 Å². The number of hydrogen-bond donors (Lipinski definition) is 2. The number of nitrogens with one attached hydrogen (secondary N) is 1. The summed E-state index contributed by atoms with van der Waals surface area (Å²) in [5, 5.41) is 11.5. The van der Waals surface area contributed by atoms with E-state index in [9.17, 15) is 14.4 Å². The van der Waals surface area contributed by atoms with E-state index >= 15 is 0 Å². The Bertz CT molecular complexity index is 832. The minimum absolute atomic E-state index is 0.0330. The van der Waals surface area contributed by atoms with Gasteiger partial charge in [0.25, 0.3) is 5.91 Å². The number of benzene rings is 2. The first kappa shape index (κ1) is 18.8. The summed E-state index contributed by atoms with van der Waals surface area (Å²) in [6, 6.07) is 10.4. The van der Waals surface area contributed by atoms with Crippen LogP contribution in [0.4, 0.5) is 5.69 Å². The highest BCUT2D eigenvalue weighted by molar-refractivity contribution is 6.01. The van der Waals surface area contributed by atoms with Crippen LogP contribution in [0.15, 0.2) is 42.5 Å². The molecule has 0 bridgehead atoms. The monoisotopic (exact) mass is 359 g/mol. The molecule has 2 N–H and O–H groups in total. The zero-order valence-electron chi connectivity index (χ0n) is 14.1. The Hall–Kier alpha value is -3.55. The van der Waals surface area contributed by atoms with Gasteiger partial charge in [0, 0.05) is 0 Å². The molecule has 1 amide bonds. The van der Waals surface area contributed by atoms with Gasteiger partial charge in [0.1, 0.15) is 0 Å². The third-order valence-electron chi connectivity index (χ3n) is 3.38. The summed E-state index contributed by atoms with van der Waals surface area (Å²) in [6.07, 6.45) is 0. The maximum absolute atomic E-state index is 12.1. The summed E-state index contributed by atoms with van der Waals surface area (Å²) in [6.45, 7) is -0.363. The molecule has 0 saturated heterocycles. The molecule has 0 aliphatic heterocycles. The van der Waals surface area contributed by atoms with Crippen LogP contribution >= 0.6 is 0 Å². The van der Waals surface area contributed by atoms with E-state index in [1.54, 1.807) is 18.2 Å².